The van der Waals surface area contributed by atoms with E-state index in [-0.39, 0.29) is 0 Å². The zero-order valence-electron chi connectivity index (χ0n) is 11.1. The number of fused-ring (bicyclic) bond motifs is 1. The molecule has 0 spiro atoms. The van der Waals surface area contributed by atoms with Crippen LogP contribution in [0.25, 0.3) is 22.0 Å². The van der Waals surface area contributed by atoms with Crippen molar-refractivity contribution < 1.29 is 0 Å². The van der Waals surface area contributed by atoms with Crippen LogP contribution in [0.5, 0.6) is 0 Å². The van der Waals surface area contributed by atoms with Crippen molar-refractivity contribution in [1.29, 1.82) is 0 Å². The maximum absolute atomic E-state index is 4.65. The fourth-order valence-corrected chi connectivity index (χ4v) is 2.44. The standard InChI is InChI=1S/C17H15N3/c1-2-6-14-12(4-1)5-3-7-15(14)16-10-11-18-17(20-16)19-13-8-9-13/h1-7,10-11,13H,8-9H2,(H,18,19,20). The Morgan fingerprint density at radius 2 is 1.80 bits per heavy atom. The van der Waals surface area contributed by atoms with Gasteiger partial charge in [0, 0.05) is 17.8 Å². The second-order valence-electron chi connectivity index (χ2n) is 5.21. The molecule has 2 aromatic carbocycles. The highest BCUT2D eigenvalue weighted by Crippen LogP contribution is 2.28. The third kappa shape index (κ3) is 2.11. The molecule has 1 N–H and O–H groups in total. The van der Waals surface area contributed by atoms with Crippen LogP contribution < -0.4 is 5.32 Å². The van der Waals surface area contributed by atoms with E-state index in [1.54, 1.807) is 0 Å². The Morgan fingerprint density at radius 3 is 2.70 bits per heavy atom. The summed E-state index contributed by atoms with van der Waals surface area (Å²) in [4.78, 5) is 8.95. The highest BCUT2D eigenvalue weighted by atomic mass is 15.1. The summed E-state index contributed by atoms with van der Waals surface area (Å²) < 4.78 is 0. The molecule has 1 heterocycles. The number of anilines is 1. The van der Waals surface area contributed by atoms with Gasteiger partial charge in [0.15, 0.2) is 0 Å². The molecule has 1 aliphatic rings. The molecule has 4 rings (SSSR count). The molecule has 20 heavy (non-hydrogen) atoms. The predicted octanol–water partition coefficient (Wildman–Crippen LogP) is 3.87. The first-order valence-corrected chi connectivity index (χ1v) is 6.98. The van der Waals surface area contributed by atoms with Crippen molar-refractivity contribution >= 4 is 16.7 Å². The summed E-state index contributed by atoms with van der Waals surface area (Å²) in [7, 11) is 0. The lowest BCUT2D eigenvalue weighted by Crippen LogP contribution is -2.05. The zero-order chi connectivity index (χ0) is 13.4. The zero-order valence-corrected chi connectivity index (χ0v) is 11.1. The number of nitrogens with one attached hydrogen (secondary N) is 1. The molecule has 0 bridgehead atoms. The van der Waals surface area contributed by atoms with E-state index in [4.69, 9.17) is 0 Å². The molecular formula is C17H15N3. The van der Waals surface area contributed by atoms with Crippen molar-refractivity contribution in [1.82, 2.24) is 9.97 Å². The first-order chi connectivity index (χ1) is 9.90. The summed E-state index contributed by atoms with van der Waals surface area (Å²) in [5.41, 5.74) is 2.13. The third-order valence-electron chi connectivity index (χ3n) is 3.63. The average molecular weight is 261 g/mol. The molecule has 3 heteroatoms. The van der Waals surface area contributed by atoms with Crippen LogP contribution >= 0.6 is 0 Å². The summed E-state index contributed by atoms with van der Waals surface area (Å²) in [6.07, 6.45) is 4.28. The van der Waals surface area contributed by atoms with Crippen LogP contribution in [0.15, 0.2) is 54.7 Å². The summed E-state index contributed by atoms with van der Waals surface area (Å²) in [5, 5.41) is 5.82. The molecule has 0 radical (unpaired) electrons. The molecular weight excluding hydrogens is 246 g/mol. The Hall–Kier alpha value is -2.42. The average Bonchev–Trinajstić information content (AvgIpc) is 3.31. The van der Waals surface area contributed by atoms with Crippen molar-refractivity contribution in [2.45, 2.75) is 18.9 Å². The molecule has 1 fully saturated rings. The van der Waals surface area contributed by atoms with Crippen molar-refractivity contribution in [3.63, 3.8) is 0 Å². The van der Waals surface area contributed by atoms with Gasteiger partial charge in [0.05, 0.1) is 5.69 Å². The largest absolute Gasteiger partial charge is 0.351 e. The summed E-state index contributed by atoms with van der Waals surface area (Å²) in [6.45, 7) is 0. The minimum Gasteiger partial charge on any atom is -0.351 e. The van der Waals surface area contributed by atoms with Gasteiger partial charge in [-0.3, -0.25) is 0 Å². The van der Waals surface area contributed by atoms with Crippen LogP contribution in [0.1, 0.15) is 12.8 Å². The predicted molar refractivity (Wildman–Crippen MR) is 81.6 cm³/mol. The molecule has 0 unspecified atom stereocenters. The van der Waals surface area contributed by atoms with Gasteiger partial charge in [-0.1, -0.05) is 42.5 Å². The van der Waals surface area contributed by atoms with E-state index < -0.39 is 0 Å². The number of hydrogen-bond donors (Lipinski definition) is 1. The molecule has 1 aromatic heterocycles. The van der Waals surface area contributed by atoms with Crippen molar-refractivity contribution in [3.05, 3.63) is 54.7 Å². The lowest BCUT2D eigenvalue weighted by molar-refractivity contribution is 1.06. The summed E-state index contributed by atoms with van der Waals surface area (Å²) in [5.74, 6) is 0.734. The van der Waals surface area contributed by atoms with E-state index in [1.165, 1.54) is 23.6 Å². The second-order valence-corrected chi connectivity index (χ2v) is 5.21. The van der Waals surface area contributed by atoms with E-state index >= 15 is 0 Å². The minimum absolute atomic E-state index is 0.567. The van der Waals surface area contributed by atoms with E-state index in [9.17, 15) is 0 Å². The molecule has 3 aromatic rings. The van der Waals surface area contributed by atoms with E-state index in [1.807, 2.05) is 12.3 Å². The van der Waals surface area contributed by atoms with Gasteiger partial charge in [0.25, 0.3) is 0 Å². The minimum atomic E-state index is 0.567. The Bertz CT molecular complexity index is 758. The summed E-state index contributed by atoms with van der Waals surface area (Å²) >= 11 is 0. The van der Waals surface area contributed by atoms with Gasteiger partial charge in [-0.2, -0.15) is 0 Å². The quantitative estimate of drug-likeness (QED) is 0.777. The van der Waals surface area contributed by atoms with Crippen LogP contribution in [0.4, 0.5) is 5.95 Å². The van der Waals surface area contributed by atoms with E-state index in [0.717, 1.165) is 17.2 Å². The monoisotopic (exact) mass is 261 g/mol. The normalized spacial score (nSPS) is 14.4. The van der Waals surface area contributed by atoms with Gasteiger partial charge >= 0.3 is 0 Å². The number of benzene rings is 2. The maximum Gasteiger partial charge on any atom is 0.223 e. The highest BCUT2D eigenvalue weighted by molar-refractivity contribution is 5.95. The number of aromatic nitrogens is 2. The Labute approximate surface area is 117 Å². The molecule has 3 nitrogen and oxygen atoms in total. The van der Waals surface area contributed by atoms with Crippen LogP contribution in [0, 0.1) is 0 Å². The fourth-order valence-electron chi connectivity index (χ4n) is 2.44. The van der Waals surface area contributed by atoms with Gasteiger partial charge in [0.2, 0.25) is 5.95 Å². The van der Waals surface area contributed by atoms with Crippen molar-refractivity contribution in [2.75, 3.05) is 5.32 Å². The van der Waals surface area contributed by atoms with Crippen molar-refractivity contribution in [3.8, 4) is 11.3 Å². The topological polar surface area (TPSA) is 37.8 Å². The second kappa shape index (κ2) is 4.60. The van der Waals surface area contributed by atoms with Gasteiger partial charge in [-0.25, -0.2) is 9.97 Å². The molecule has 1 aliphatic carbocycles. The number of rotatable bonds is 3. The van der Waals surface area contributed by atoms with Crippen LogP contribution in [-0.4, -0.2) is 16.0 Å². The maximum atomic E-state index is 4.65. The Kier molecular flexibility index (Phi) is 2.62. The number of nitrogens with zero attached hydrogens (tertiary/aromatic N) is 2. The smallest absolute Gasteiger partial charge is 0.223 e. The Balaban J connectivity index is 1.81. The highest BCUT2D eigenvalue weighted by Gasteiger charge is 2.21. The molecule has 0 amide bonds. The molecule has 0 atom stereocenters. The Morgan fingerprint density at radius 1 is 0.950 bits per heavy atom. The van der Waals surface area contributed by atoms with E-state index in [0.29, 0.717) is 6.04 Å². The van der Waals surface area contributed by atoms with Gasteiger partial charge in [0.1, 0.15) is 0 Å². The van der Waals surface area contributed by atoms with E-state index in [2.05, 4.69) is 57.7 Å². The third-order valence-corrected chi connectivity index (χ3v) is 3.63. The SMILES string of the molecule is c1ccc2c(-c3ccnc(NC4CC4)n3)cccc2c1. The molecule has 0 aliphatic heterocycles. The van der Waals surface area contributed by atoms with Crippen LogP contribution in [0.2, 0.25) is 0 Å². The lowest BCUT2D eigenvalue weighted by Gasteiger charge is -2.08. The molecule has 1 saturated carbocycles. The first kappa shape index (κ1) is 11.4. The lowest BCUT2D eigenvalue weighted by atomic mass is 10.0. The van der Waals surface area contributed by atoms with Crippen LogP contribution in [-0.2, 0) is 0 Å². The van der Waals surface area contributed by atoms with Crippen LogP contribution in [0.3, 0.4) is 0 Å². The number of hydrogen-bond acceptors (Lipinski definition) is 3. The fraction of sp³-hybridized carbons (Fsp3) is 0.176. The van der Waals surface area contributed by atoms with Gasteiger partial charge in [-0.05, 0) is 29.7 Å². The summed E-state index contributed by atoms with van der Waals surface area (Å²) in [6, 6.07) is 17.3. The van der Waals surface area contributed by atoms with Crippen molar-refractivity contribution in [2.24, 2.45) is 0 Å². The first-order valence-electron chi connectivity index (χ1n) is 6.98. The van der Waals surface area contributed by atoms with Gasteiger partial charge < -0.3 is 5.32 Å². The van der Waals surface area contributed by atoms with Gasteiger partial charge in [-0.15, -0.1) is 0 Å². The molecule has 98 valence electrons. The molecule has 0 saturated heterocycles.